The average Bonchev–Trinajstić information content (AvgIpc) is 2.38. The van der Waals surface area contributed by atoms with Crippen molar-refractivity contribution in [3.8, 4) is 12.1 Å². The molecule has 0 heterocycles. The maximum absolute atomic E-state index is 10.9. The summed E-state index contributed by atoms with van der Waals surface area (Å²) < 4.78 is 0. The lowest BCUT2D eigenvalue weighted by atomic mass is 10.0. The van der Waals surface area contributed by atoms with Crippen molar-refractivity contribution in [1.29, 1.82) is 10.5 Å². The van der Waals surface area contributed by atoms with Crippen LogP contribution in [0.25, 0.3) is 0 Å². The number of halogens is 2. The molecule has 108 valence electrons. The van der Waals surface area contributed by atoms with Crippen LogP contribution < -0.4 is 0 Å². The highest BCUT2D eigenvalue weighted by molar-refractivity contribution is 6.64. The monoisotopic (exact) mass is 316 g/mol. The molecule has 0 radical (unpaired) electrons. The van der Waals surface area contributed by atoms with E-state index in [9.17, 15) is 9.59 Å². The van der Waals surface area contributed by atoms with Crippen molar-refractivity contribution < 1.29 is 9.59 Å². The minimum atomic E-state index is -0.919. The maximum Gasteiger partial charge on any atom is 0.238 e. The second-order valence-corrected chi connectivity index (χ2v) is 5.12. The average molecular weight is 317 g/mol. The number of hydrogen-bond acceptors (Lipinski definition) is 6. The van der Waals surface area contributed by atoms with Crippen LogP contribution >= 0.6 is 23.2 Å². The highest BCUT2D eigenvalue weighted by Crippen LogP contribution is 2.15. The highest BCUT2D eigenvalue weighted by atomic mass is 35.5. The molecule has 0 saturated carbocycles. The van der Waals surface area contributed by atoms with Crippen LogP contribution in [0.3, 0.4) is 0 Å². The number of azo groups is 1. The van der Waals surface area contributed by atoms with Crippen LogP contribution in [-0.4, -0.2) is 22.6 Å². The molecule has 6 nitrogen and oxygen atoms in total. The van der Waals surface area contributed by atoms with Crippen LogP contribution in [-0.2, 0) is 9.59 Å². The standard InChI is InChI=1S/C12H14Cl2N4O2/c1-7(3-9(5-15)11(13)19)17-18-8(2)4-10(6-16)12(14)20/h7-10H,3-4H2,1-2H3. The molecule has 0 N–H and O–H groups in total. The van der Waals surface area contributed by atoms with Crippen LogP contribution in [0.15, 0.2) is 10.2 Å². The Kier molecular flexibility index (Phi) is 8.71. The van der Waals surface area contributed by atoms with E-state index in [4.69, 9.17) is 33.7 Å². The first-order valence-corrected chi connectivity index (χ1v) is 6.65. The Labute approximate surface area is 127 Å². The Morgan fingerprint density at radius 1 is 0.950 bits per heavy atom. The van der Waals surface area contributed by atoms with E-state index in [0.717, 1.165) is 0 Å². The fourth-order valence-electron chi connectivity index (χ4n) is 1.40. The molecule has 0 spiro atoms. The van der Waals surface area contributed by atoms with Gasteiger partial charge in [0.1, 0.15) is 11.8 Å². The predicted octanol–water partition coefficient (Wildman–Crippen LogP) is 2.81. The third-order valence-corrected chi connectivity index (χ3v) is 3.00. The van der Waals surface area contributed by atoms with Gasteiger partial charge in [0.2, 0.25) is 10.5 Å². The van der Waals surface area contributed by atoms with E-state index in [1.165, 1.54) is 0 Å². The molecule has 0 aromatic carbocycles. The summed E-state index contributed by atoms with van der Waals surface area (Å²) in [6.07, 6.45) is 0.344. The van der Waals surface area contributed by atoms with Crippen molar-refractivity contribution in [2.75, 3.05) is 0 Å². The molecule has 0 saturated heterocycles. The summed E-state index contributed by atoms with van der Waals surface area (Å²) in [5.41, 5.74) is 0. The number of nitriles is 2. The molecule has 8 heteroatoms. The molecule has 0 aliphatic heterocycles. The van der Waals surface area contributed by atoms with Gasteiger partial charge in [0.05, 0.1) is 24.2 Å². The molecule has 0 aliphatic rings. The maximum atomic E-state index is 10.9. The smallest absolute Gasteiger partial charge is 0.238 e. The minimum absolute atomic E-state index is 0.172. The molecule has 0 fully saturated rings. The summed E-state index contributed by atoms with van der Waals surface area (Å²) in [6, 6.07) is 2.85. The molecular weight excluding hydrogens is 303 g/mol. The fraction of sp³-hybridized carbons (Fsp3) is 0.667. The lowest BCUT2D eigenvalue weighted by molar-refractivity contribution is -0.114. The molecule has 20 heavy (non-hydrogen) atoms. The molecular formula is C12H14Cl2N4O2. The first-order chi connectivity index (χ1) is 9.31. The van der Waals surface area contributed by atoms with E-state index in [1.54, 1.807) is 26.0 Å². The summed E-state index contributed by atoms with van der Waals surface area (Å²) in [5, 5.41) is 23.9. The van der Waals surface area contributed by atoms with Gasteiger partial charge >= 0.3 is 0 Å². The number of rotatable bonds is 8. The Morgan fingerprint density at radius 3 is 1.45 bits per heavy atom. The van der Waals surface area contributed by atoms with Gasteiger partial charge < -0.3 is 0 Å². The van der Waals surface area contributed by atoms with Crippen molar-refractivity contribution >= 4 is 33.7 Å². The van der Waals surface area contributed by atoms with Crippen LogP contribution in [0.5, 0.6) is 0 Å². The second-order valence-electron chi connectivity index (χ2n) is 4.37. The topological polar surface area (TPSA) is 106 Å². The van der Waals surface area contributed by atoms with Crippen LogP contribution in [0.2, 0.25) is 0 Å². The SMILES string of the molecule is CC(CC(C#N)C(=O)Cl)N=NC(C)CC(C#N)C(=O)Cl. The van der Waals surface area contributed by atoms with E-state index in [2.05, 4.69) is 10.2 Å². The van der Waals surface area contributed by atoms with Crippen molar-refractivity contribution in [2.45, 2.75) is 38.8 Å². The van der Waals surface area contributed by atoms with E-state index >= 15 is 0 Å². The quantitative estimate of drug-likeness (QED) is 0.506. The van der Waals surface area contributed by atoms with Gasteiger partial charge in [-0.25, -0.2) is 0 Å². The Balaban J connectivity index is 4.42. The minimum Gasteiger partial charge on any atom is -0.280 e. The Morgan fingerprint density at radius 2 is 1.25 bits per heavy atom. The summed E-state index contributed by atoms with van der Waals surface area (Å²) in [6.45, 7) is 3.38. The van der Waals surface area contributed by atoms with Crippen molar-refractivity contribution in [2.24, 2.45) is 22.1 Å². The lowest BCUT2D eigenvalue weighted by Gasteiger charge is -2.10. The van der Waals surface area contributed by atoms with Crippen molar-refractivity contribution in [1.82, 2.24) is 0 Å². The molecule has 4 unspecified atom stereocenters. The first-order valence-electron chi connectivity index (χ1n) is 5.89. The molecule has 0 rings (SSSR count). The van der Waals surface area contributed by atoms with E-state index in [-0.39, 0.29) is 24.9 Å². The molecule has 0 aromatic heterocycles. The van der Waals surface area contributed by atoms with Crippen molar-refractivity contribution in [3.63, 3.8) is 0 Å². The fourth-order valence-corrected chi connectivity index (χ4v) is 1.67. The Bertz CT molecular complexity index is 425. The largest absolute Gasteiger partial charge is 0.280 e. The first kappa shape index (κ1) is 18.5. The van der Waals surface area contributed by atoms with Gasteiger partial charge in [0, 0.05) is 0 Å². The second kappa shape index (κ2) is 9.41. The summed E-state index contributed by atoms with van der Waals surface area (Å²) >= 11 is 10.5. The summed E-state index contributed by atoms with van der Waals surface area (Å²) in [7, 11) is 0. The van der Waals surface area contributed by atoms with E-state index in [1.807, 2.05) is 0 Å². The number of carbonyl (C=O) groups is 2. The zero-order valence-corrected chi connectivity index (χ0v) is 12.6. The molecule has 0 amide bonds. The number of nitrogens with zero attached hydrogens (tertiary/aromatic N) is 4. The van der Waals surface area contributed by atoms with Gasteiger partial charge in [-0.3, -0.25) is 9.59 Å². The number of hydrogen-bond donors (Lipinski definition) is 0. The third kappa shape index (κ3) is 7.18. The highest BCUT2D eigenvalue weighted by Gasteiger charge is 2.20. The molecule has 0 aliphatic carbocycles. The van der Waals surface area contributed by atoms with Gasteiger partial charge in [-0.2, -0.15) is 20.8 Å². The zero-order chi connectivity index (χ0) is 15.7. The summed E-state index contributed by atoms with van der Waals surface area (Å²) in [5.74, 6) is -1.84. The lowest BCUT2D eigenvalue weighted by Crippen LogP contribution is -2.15. The van der Waals surface area contributed by atoms with Crippen LogP contribution in [0.4, 0.5) is 0 Å². The molecule has 0 bridgehead atoms. The van der Waals surface area contributed by atoms with Gasteiger partial charge in [-0.15, -0.1) is 0 Å². The predicted molar refractivity (Wildman–Crippen MR) is 72.9 cm³/mol. The zero-order valence-electron chi connectivity index (χ0n) is 11.1. The van der Waals surface area contributed by atoms with Crippen LogP contribution in [0.1, 0.15) is 26.7 Å². The van der Waals surface area contributed by atoms with Gasteiger partial charge in [0.15, 0.2) is 0 Å². The Hall–Kier alpha value is -1.50. The molecule has 0 aromatic rings. The summed E-state index contributed by atoms with van der Waals surface area (Å²) in [4.78, 5) is 21.8. The molecule has 4 atom stereocenters. The normalized spacial score (nSPS) is 16.7. The van der Waals surface area contributed by atoms with Gasteiger partial charge in [0.25, 0.3) is 0 Å². The van der Waals surface area contributed by atoms with Crippen LogP contribution in [0, 0.1) is 34.5 Å². The number of carbonyl (C=O) groups excluding carboxylic acids is 2. The van der Waals surface area contributed by atoms with Crippen molar-refractivity contribution in [3.05, 3.63) is 0 Å². The van der Waals surface area contributed by atoms with E-state index in [0.29, 0.717) is 0 Å². The van der Waals surface area contributed by atoms with Gasteiger partial charge in [-0.05, 0) is 49.9 Å². The van der Waals surface area contributed by atoms with Gasteiger partial charge in [-0.1, -0.05) is 0 Å². The van der Waals surface area contributed by atoms with E-state index < -0.39 is 22.3 Å². The third-order valence-electron chi connectivity index (χ3n) is 2.47.